The zero-order valence-corrected chi connectivity index (χ0v) is 10.3. The van der Waals surface area contributed by atoms with Crippen molar-refractivity contribution in [3.05, 3.63) is 30.2 Å². The molecule has 0 saturated carbocycles. The summed E-state index contributed by atoms with van der Waals surface area (Å²) in [6.45, 7) is 0.311. The van der Waals surface area contributed by atoms with Gasteiger partial charge in [0.15, 0.2) is 5.82 Å². The number of rotatable bonds is 5. The summed E-state index contributed by atoms with van der Waals surface area (Å²) in [5.74, 6) is -0.755. The van der Waals surface area contributed by atoms with E-state index >= 15 is 0 Å². The van der Waals surface area contributed by atoms with Gasteiger partial charge in [-0.15, -0.1) is 0 Å². The van der Waals surface area contributed by atoms with E-state index in [9.17, 15) is 9.59 Å². The first-order valence-electron chi connectivity index (χ1n) is 5.60. The summed E-state index contributed by atoms with van der Waals surface area (Å²) in [5, 5.41) is 19.2. The smallest absolute Gasteiger partial charge is 0.338 e. The standard InChI is InChI=1S/C11H13N5O3/c1-15-4-2-9(14-15)13-10(17)3-5-16-7-8(6-12-16)11(18)19/h2,4,6-7H,3,5H2,1H3,(H,18,19)(H,13,14,17). The quantitative estimate of drug-likeness (QED) is 0.810. The summed E-state index contributed by atoms with van der Waals surface area (Å²) in [4.78, 5) is 22.3. The van der Waals surface area contributed by atoms with Crippen LogP contribution < -0.4 is 5.32 Å². The second-order valence-electron chi connectivity index (χ2n) is 3.97. The molecule has 8 nitrogen and oxygen atoms in total. The number of anilines is 1. The molecule has 0 radical (unpaired) electrons. The van der Waals surface area contributed by atoms with E-state index in [1.807, 2.05) is 0 Å². The largest absolute Gasteiger partial charge is 0.478 e. The number of hydrogen-bond donors (Lipinski definition) is 2. The molecule has 0 unspecified atom stereocenters. The molecule has 0 atom stereocenters. The number of nitrogens with zero attached hydrogens (tertiary/aromatic N) is 4. The molecule has 0 aromatic carbocycles. The van der Waals surface area contributed by atoms with Crippen LogP contribution in [0.3, 0.4) is 0 Å². The first-order chi connectivity index (χ1) is 9.04. The van der Waals surface area contributed by atoms with Gasteiger partial charge in [-0.05, 0) is 0 Å². The summed E-state index contributed by atoms with van der Waals surface area (Å²) in [6, 6.07) is 1.69. The molecular formula is C11H13N5O3. The molecule has 0 aliphatic carbocycles. The van der Waals surface area contributed by atoms with E-state index < -0.39 is 5.97 Å². The molecule has 8 heteroatoms. The normalized spacial score (nSPS) is 10.4. The molecule has 2 N–H and O–H groups in total. The fraction of sp³-hybridized carbons (Fsp3) is 0.273. The van der Waals surface area contributed by atoms with Gasteiger partial charge in [0.05, 0.1) is 11.8 Å². The first-order valence-corrected chi connectivity index (χ1v) is 5.60. The van der Waals surface area contributed by atoms with Crippen LogP contribution in [0.1, 0.15) is 16.8 Å². The van der Waals surface area contributed by atoms with Gasteiger partial charge in [-0.1, -0.05) is 0 Å². The fourth-order valence-corrected chi connectivity index (χ4v) is 1.50. The lowest BCUT2D eigenvalue weighted by atomic mass is 10.3. The zero-order chi connectivity index (χ0) is 13.8. The maximum Gasteiger partial charge on any atom is 0.338 e. The highest BCUT2D eigenvalue weighted by Crippen LogP contribution is 2.03. The maximum absolute atomic E-state index is 11.6. The molecule has 0 spiro atoms. The van der Waals surface area contributed by atoms with Crippen LogP contribution >= 0.6 is 0 Å². The Bertz CT molecular complexity index is 601. The molecule has 0 fully saturated rings. The van der Waals surface area contributed by atoms with E-state index in [0.717, 1.165) is 0 Å². The number of hydrogen-bond acceptors (Lipinski definition) is 4. The molecule has 2 aromatic heterocycles. The average molecular weight is 263 g/mol. The Kier molecular flexibility index (Phi) is 3.60. The SMILES string of the molecule is Cn1ccc(NC(=O)CCn2cc(C(=O)O)cn2)n1. The number of aryl methyl sites for hydroxylation is 2. The van der Waals surface area contributed by atoms with Crippen LogP contribution in [0.5, 0.6) is 0 Å². The Morgan fingerprint density at radius 3 is 2.84 bits per heavy atom. The molecule has 0 saturated heterocycles. The molecule has 0 aliphatic rings. The molecule has 19 heavy (non-hydrogen) atoms. The number of aromatic carboxylic acids is 1. The highest BCUT2D eigenvalue weighted by Gasteiger charge is 2.08. The molecule has 0 aliphatic heterocycles. The number of carboxylic acid groups (broad SMARTS) is 1. The van der Waals surface area contributed by atoms with Crippen LogP contribution in [0, 0.1) is 0 Å². The third-order valence-corrected chi connectivity index (χ3v) is 2.43. The topological polar surface area (TPSA) is 102 Å². The maximum atomic E-state index is 11.6. The highest BCUT2D eigenvalue weighted by atomic mass is 16.4. The van der Waals surface area contributed by atoms with Gasteiger partial charge < -0.3 is 10.4 Å². The van der Waals surface area contributed by atoms with Crippen LogP contribution in [0.25, 0.3) is 0 Å². The number of carbonyl (C=O) groups excluding carboxylic acids is 1. The van der Waals surface area contributed by atoms with Gasteiger partial charge in [0.1, 0.15) is 0 Å². The minimum atomic E-state index is -1.04. The van der Waals surface area contributed by atoms with Gasteiger partial charge >= 0.3 is 5.97 Å². The summed E-state index contributed by atoms with van der Waals surface area (Å²) in [5.41, 5.74) is 0.102. The van der Waals surface area contributed by atoms with Gasteiger partial charge in [-0.25, -0.2) is 4.79 Å². The van der Waals surface area contributed by atoms with Crippen molar-refractivity contribution >= 4 is 17.7 Å². The number of nitrogens with one attached hydrogen (secondary N) is 1. The van der Waals surface area contributed by atoms with Crippen molar-refractivity contribution in [2.24, 2.45) is 7.05 Å². The van der Waals surface area contributed by atoms with Crippen molar-refractivity contribution in [3.63, 3.8) is 0 Å². The summed E-state index contributed by atoms with van der Waals surface area (Å²) in [7, 11) is 1.76. The van der Waals surface area contributed by atoms with Crippen LogP contribution in [0.15, 0.2) is 24.7 Å². The first kappa shape index (κ1) is 12.8. The van der Waals surface area contributed by atoms with E-state index in [1.54, 1.807) is 24.0 Å². The molecule has 2 heterocycles. The molecule has 2 rings (SSSR count). The Labute approximate surface area is 108 Å². The van der Waals surface area contributed by atoms with Gasteiger partial charge in [0, 0.05) is 38.5 Å². The highest BCUT2D eigenvalue weighted by molar-refractivity contribution is 5.89. The summed E-state index contributed by atoms with van der Waals surface area (Å²) in [6.07, 6.45) is 4.55. The van der Waals surface area contributed by atoms with Crippen molar-refractivity contribution in [2.75, 3.05) is 5.32 Å². The number of carboxylic acids is 1. The Balaban J connectivity index is 1.84. The van der Waals surface area contributed by atoms with Gasteiger partial charge in [0.2, 0.25) is 5.91 Å². The summed E-state index contributed by atoms with van der Waals surface area (Å²) >= 11 is 0. The van der Waals surface area contributed by atoms with Crippen LogP contribution in [0.4, 0.5) is 5.82 Å². The van der Waals surface area contributed by atoms with E-state index in [0.29, 0.717) is 12.4 Å². The van der Waals surface area contributed by atoms with Crippen LogP contribution in [0.2, 0.25) is 0 Å². The van der Waals surface area contributed by atoms with Crippen LogP contribution in [-0.2, 0) is 18.4 Å². The Morgan fingerprint density at radius 1 is 1.47 bits per heavy atom. The van der Waals surface area contributed by atoms with Crippen molar-refractivity contribution in [2.45, 2.75) is 13.0 Å². The second kappa shape index (κ2) is 5.34. The van der Waals surface area contributed by atoms with E-state index in [2.05, 4.69) is 15.5 Å². The molecule has 0 bridgehead atoms. The molecule has 2 aromatic rings. The van der Waals surface area contributed by atoms with Crippen molar-refractivity contribution in [3.8, 4) is 0 Å². The minimum Gasteiger partial charge on any atom is -0.478 e. The third kappa shape index (κ3) is 3.41. The molecule has 1 amide bonds. The average Bonchev–Trinajstić information content (AvgIpc) is 2.96. The predicted molar refractivity (Wildman–Crippen MR) is 65.6 cm³/mol. The van der Waals surface area contributed by atoms with Gasteiger partial charge in [-0.3, -0.25) is 14.2 Å². The van der Waals surface area contributed by atoms with E-state index in [1.165, 1.54) is 17.1 Å². The number of carbonyl (C=O) groups is 2. The third-order valence-electron chi connectivity index (χ3n) is 2.43. The minimum absolute atomic E-state index is 0.102. The van der Waals surface area contributed by atoms with Crippen molar-refractivity contribution in [1.82, 2.24) is 19.6 Å². The van der Waals surface area contributed by atoms with Gasteiger partial charge in [-0.2, -0.15) is 10.2 Å². The van der Waals surface area contributed by atoms with Gasteiger partial charge in [0.25, 0.3) is 0 Å². The van der Waals surface area contributed by atoms with Crippen molar-refractivity contribution in [1.29, 1.82) is 0 Å². The number of amides is 1. The van der Waals surface area contributed by atoms with E-state index in [4.69, 9.17) is 5.11 Å². The lowest BCUT2D eigenvalue weighted by molar-refractivity contribution is -0.116. The lowest BCUT2D eigenvalue weighted by Gasteiger charge is -2.02. The monoisotopic (exact) mass is 263 g/mol. The van der Waals surface area contributed by atoms with Crippen LogP contribution in [-0.4, -0.2) is 36.5 Å². The zero-order valence-electron chi connectivity index (χ0n) is 10.3. The van der Waals surface area contributed by atoms with Crippen molar-refractivity contribution < 1.29 is 14.7 Å². The number of aromatic nitrogens is 4. The van der Waals surface area contributed by atoms with E-state index in [-0.39, 0.29) is 17.9 Å². The molecule has 100 valence electrons. The summed E-state index contributed by atoms with van der Waals surface area (Å²) < 4.78 is 3.00. The Hall–Kier alpha value is -2.64. The lowest BCUT2D eigenvalue weighted by Crippen LogP contribution is -2.15. The Morgan fingerprint density at radius 2 is 2.26 bits per heavy atom. The molecular weight excluding hydrogens is 250 g/mol. The predicted octanol–water partition coefficient (Wildman–Crippen LogP) is 0.344. The fourth-order valence-electron chi connectivity index (χ4n) is 1.50. The second-order valence-corrected chi connectivity index (χ2v) is 3.97.